The first-order chi connectivity index (χ1) is 14.6. The number of ether oxygens (including phenoxy) is 1. The lowest BCUT2D eigenvalue weighted by molar-refractivity contribution is -0.105. The molecule has 0 saturated heterocycles. The third kappa shape index (κ3) is 5.02. The van der Waals surface area contributed by atoms with E-state index >= 15 is 0 Å². The van der Waals surface area contributed by atoms with Crippen LogP contribution >= 0.6 is 0 Å². The van der Waals surface area contributed by atoms with E-state index in [-0.39, 0.29) is 17.8 Å². The lowest BCUT2D eigenvalue weighted by Crippen LogP contribution is -2.30. The van der Waals surface area contributed by atoms with Gasteiger partial charge in [0.15, 0.2) is 0 Å². The van der Waals surface area contributed by atoms with Gasteiger partial charge in [-0.15, -0.1) is 0 Å². The van der Waals surface area contributed by atoms with E-state index in [0.717, 1.165) is 12.0 Å². The van der Waals surface area contributed by atoms with E-state index in [4.69, 9.17) is 9.72 Å². The Morgan fingerprint density at radius 2 is 1.97 bits per heavy atom. The molecule has 1 N–H and O–H groups in total. The highest BCUT2D eigenvalue weighted by molar-refractivity contribution is 5.89. The van der Waals surface area contributed by atoms with Crippen LogP contribution in [0.3, 0.4) is 0 Å². The van der Waals surface area contributed by atoms with Gasteiger partial charge in [0.05, 0.1) is 17.6 Å². The number of aromatic nitrogens is 3. The zero-order valence-corrected chi connectivity index (χ0v) is 18.5. The number of pyridine rings is 1. The number of hydrogen-bond acceptors (Lipinski definition) is 5. The van der Waals surface area contributed by atoms with E-state index < -0.39 is 11.7 Å². The number of rotatable bonds is 6. The fourth-order valence-electron chi connectivity index (χ4n) is 3.41. The maximum atomic E-state index is 13.1. The van der Waals surface area contributed by atoms with Gasteiger partial charge < -0.3 is 14.6 Å². The van der Waals surface area contributed by atoms with Crippen molar-refractivity contribution in [2.24, 2.45) is 5.92 Å². The molecule has 31 heavy (non-hydrogen) atoms. The van der Waals surface area contributed by atoms with Gasteiger partial charge in [0.1, 0.15) is 17.1 Å². The van der Waals surface area contributed by atoms with Crippen molar-refractivity contribution in [1.29, 1.82) is 0 Å². The van der Waals surface area contributed by atoms with Gasteiger partial charge >= 0.3 is 6.09 Å². The van der Waals surface area contributed by atoms with Crippen molar-refractivity contribution in [1.82, 2.24) is 14.1 Å². The summed E-state index contributed by atoms with van der Waals surface area (Å²) in [6, 6.07) is 8.89. The van der Waals surface area contributed by atoms with Crippen molar-refractivity contribution in [2.75, 3.05) is 5.32 Å². The van der Waals surface area contributed by atoms with E-state index in [1.165, 1.54) is 15.2 Å². The maximum absolute atomic E-state index is 13.1. The molecule has 3 aromatic rings. The van der Waals surface area contributed by atoms with Crippen molar-refractivity contribution < 1.29 is 14.3 Å². The van der Waals surface area contributed by atoms with Crippen molar-refractivity contribution >= 4 is 29.2 Å². The van der Waals surface area contributed by atoms with Crippen LogP contribution in [0.2, 0.25) is 0 Å². The van der Waals surface area contributed by atoms with E-state index in [1.807, 2.05) is 18.2 Å². The lowest BCUT2D eigenvalue weighted by atomic mass is 10.0. The minimum atomic E-state index is -0.689. The number of fused-ring (bicyclic) bond motifs is 1. The van der Waals surface area contributed by atoms with Gasteiger partial charge in [0, 0.05) is 6.20 Å². The predicted octanol–water partition coefficient (Wildman–Crippen LogP) is 3.80. The highest BCUT2D eigenvalue weighted by atomic mass is 16.6. The second kappa shape index (κ2) is 8.75. The van der Waals surface area contributed by atoms with E-state index in [2.05, 4.69) is 19.2 Å². The Morgan fingerprint density at radius 1 is 1.23 bits per heavy atom. The molecule has 0 aliphatic rings. The fourth-order valence-corrected chi connectivity index (χ4v) is 3.41. The molecule has 3 rings (SSSR count). The first-order valence-electron chi connectivity index (χ1n) is 10.2. The van der Waals surface area contributed by atoms with Gasteiger partial charge in [-0.2, -0.15) is 0 Å². The Hall–Kier alpha value is -3.42. The lowest BCUT2D eigenvalue weighted by Gasteiger charge is -2.20. The standard InChI is InChI=1S/C23H28N4O4/c1-15(2)12-16-8-6-10-18-20(16)25-19(27(18)22(30)31-23(3,4)5)13-26-11-7-9-17(21(26)29)24-14-28/h6-11,14-15H,12-13H2,1-5H3,(H,24,28). The number of carbonyl (C=O) groups is 2. The summed E-state index contributed by atoms with van der Waals surface area (Å²) >= 11 is 0. The molecule has 8 heteroatoms. The second-order valence-corrected chi connectivity index (χ2v) is 8.84. The molecule has 164 valence electrons. The van der Waals surface area contributed by atoms with Crippen LogP contribution in [0, 0.1) is 5.92 Å². The van der Waals surface area contributed by atoms with Crippen LogP contribution in [0.4, 0.5) is 10.5 Å². The van der Waals surface area contributed by atoms with Crippen LogP contribution in [0.25, 0.3) is 11.0 Å². The molecule has 0 bridgehead atoms. The third-order valence-corrected chi connectivity index (χ3v) is 4.59. The van der Waals surface area contributed by atoms with Crippen LogP contribution in [0.1, 0.15) is 46.0 Å². The molecule has 2 aromatic heterocycles. The summed E-state index contributed by atoms with van der Waals surface area (Å²) in [5.41, 5.74) is 1.45. The van der Waals surface area contributed by atoms with Gasteiger partial charge in [0.2, 0.25) is 6.41 Å². The number of amides is 1. The van der Waals surface area contributed by atoms with Gasteiger partial charge in [-0.05, 0) is 56.9 Å². The minimum Gasteiger partial charge on any atom is -0.443 e. The molecular formula is C23H28N4O4. The van der Waals surface area contributed by atoms with Gasteiger partial charge in [-0.25, -0.2) is 14.3 Å². The number of imidazole rings is 1. The molecule has 2 heterocycles. The fraction of sp³-hybridized carbons (Fsp3) is 0.391. The molecule has 0 aliphatic carbocycles. The summed E-state index contributed by atoms with van der Waals surface area (Å²) in [4.78, 5) is 41.3. The van der Waals surface area contributed by atoms with Crippen molar-refractivity contribution in [3.8, 4) is 0 Å². The SMILES string of the molecule is CC(C)Cc1cccc2c1nc(Cn1cccc(NC=O)c1=O)n2C(=O)OC(C)(C)C. The van der Waals surface area contributed by atoms with Gasteiger partial charge in [0.25, 0.3) is 5.56 Å². The quantitative estimate of drug-likeness (QED) is 0.608. The van der Waals surface area contributed by atoms with Gasteiger partial charge in [-0.1, -0.05) is 26.0 Å². The van der Waals surface area contributed by atoms with Crippen LogP contribution in [-0.4, -0.2) is 32.2 Å². The highest BCUT2D eigenvalue weighted by Crippen LogP contribution is 2.24. The summed E-state index contributed by atoms with van der Waals surface area (Å²) in [5.74, 6) is 0.792. The van der Waals surface area contributed by atoms with Gasteiger partial charge in [-0.3, -0.25) is 9.59 Å². The number of nitrogens with zero attached hydrogens (tertiary/aromatic N) is 3. The van der Waals surface area contributed by atoms with E-state index in [9.17, 15) is 14.4 Å². The molecule has 0 saturated carbocycles. The largest absolute Gasteiger partial charge is 0.443 e. The smallest absolute Gasteiger partial charge is 0.420 e. The maximum Gasteiger partial charge on any atom is 0.420 e. The first kappa shape index (κ1) is 22.3. The normalized spacial score (nSPS) is 11.7. The predicted molar refractivity (Wildman–Crippen MR) is 119 cm³/mol. The molecule has 0 fully saturated rings. The summed E-state index contributed by atoms with van der Waals surface area (Å²) in [7, 11) is 0. The van der Waals surface area contributed by atoms with Crippen molar-refractivity contribution in [2.45, 2.75) is 53.2 Å². The molecule has 8 nitrogen and oxygen atoms in total. The monoisotopic (exact) mass is 424 g/mol. The highest BCUT2D eigenvalue weighted by Gasteiger charge is 2.24. The molecule has 0 radical (unpaired) electrons. The van der Waals surface area contributed by atoms with E-state index in [1.54, 1.807) is 33.0 Å². The summed E-state index contributed by atoms with van der Waals surface area (Å²) < 4.78 is 8.45. The van der Waals surface area contributed by atoms with Crippen molar-refractivity contribution in [3.05, 3.63) is 58.3 Å². The number of anilines is 1. The second-order valence-electron chi connectivity index (χ2n) is 8.84. The van der Waals surface area contributed by atoms with Crippen LogP contribution in [-0.2, 0) is 22.5 Å². The van der Waals surface area contributed by atoms with Crippen molar-refractivity contribution in [3.63, 3.8) is 0 Å². The summed E-state index contributed by atoms with van der Waals surface area (Å²) in [5, 5.41) is 2.39. The topological polar surface area (TPSA) is 95.2 Å². The Balaban J connectivity index is 2.16. The molecule has 0 atom stereocenters. The Morgan fingerprint density at radius 3 is 2.61 bits per heavy atom. The number of nitrogens with one attached hydrogen (secondary N) is 1. The van der Waals surface area contributed by atoms with Crippen LogP contribution in [0.15, 0.2) is 41.3 Å². The average Bonchev–Trinajstić information content (AvgIpc) is 3.02. The van der Waals surface area contributed by atoms with Crippen LogP contribution in [0.5, 0.6) is 0 Å². The summed E-state index contributed by atoms with van der Waals surface area (Å²) in [6.07, 6.45) is 2.30. The molecule has 0 unspecified atom stereocenters. The summed E-state index contributed by atoms with van der Waals surface area (Å²) in [6.45, 7) is 9.68. The zero-order valence-electron chi connectivity index (χ0n) is 18.5. The molecule has 1 aromatic carbocycles. The number of carbonyl (C=O) groups excluding carboxylic acids is 2. The zero-order chi connectivity index (χ0) is 22.8. The number of para-hydroxylation sites is 1. The first-order valence-corrected chi connectivity index (χ1v) is 10.2. The average molecular weight is 425 g/mol. The third-order valence-electron chi connectivity index (χ3n) is 4.59. The Labute approximate surface area is 180 Å². The molecular weight excluding hydrogens is 396 g/mol. The molecule has 1 amide bonds. The van der Waals surface area contributed by atoms with Crippen LogP contribution < -0.4 is 10.9 Å². The molecule has 0 aliphatic heterocycles. The van der Waals surface area contributed by atoms with E-state index in [0.29, 0.717) is 29.2 Å². The minimum absolute atomic E-state index is 0.0439. The number of benzene rings is 1. The molecule has 0 spiro atoms. The Kier molecular flexibility index (Phi) is 6.29. The number of hydrogen-bond donors (Lipinski definition) is 1. The Bertz CT molecular complexity index is 1170.